The van der Waals surface area contributed by atoms with E-state index in [4.69, 9.17) is 4.42 Å². The van der Waals surface area contributed by atoms with E-state index in [2.05, 4.69) is 70.6 Å². The van der Waals surface area contributed by atoms with Gasteiger partial charge in [-0.15, -0.1) is 10.2 Å². The summed E-state index contributed by atoms with van der Waals surface area (Å²) in [6.07, 6.45) is 0. The van der Waals surface area contributed by atoms with E-state index in [1.54, 1.807) is 0 Å². The van der Waals surface area contributed by atoms with Crippen molar-refractivity contribution in [3.05, 3.63) is 71.4 Å². The Morgan fingerprint density at radius 3 is 2.00 bits per heavy atom. The lowest BCUT2D eigenvalue weighted by molar-refractivity contribution is 0.166. The molecule has 1 atom stereocenters. The Balaban J connectivity index is 1.78. The number of aromatic nitrogens is 2. The monoisotopic (exact) mass is 305 g/mol. The van der Waals surface area contributed by atoms with Gasteiger partial charge in [0.25, 0.3) is 0 Å². The first-order chi connectivity index (χ1) is 11.2. The van der Waals surface area contributed by atoms with Gasteiger partial charge in [0.1, 0.15) is 0 Å². The van der Waals surface area contributed by atoms with Crippen molar-refractivity contribution in [2.75, 3.05) is 0 Å². The first-order valence-electron chi connectivity index (χ1n) is 7.92. The van der Waals surface area contributed by atoms with E-state index >= 15 is 0 Å². The van der Waals surface area contributed by atoms with Crippen molar-refractivity contribution < 1.29 is 4.42 Å². The Kier molecular flexibility index (Phi) is 3.46. The summed E-state index contributed by atoms with van der Waals surface area (Å²) in [6, 6.07) is 17.3. The molecule has 4 nitrogen and oxygen atoms in total. The maximum absolute atomic E-state index is 5.65. The molecule has 116 valence electrons. The van der Waals surface area contributed by atoms with Gasteiger partial charge in [-0.2, -0.15) is 0 Å². The van der Waals surface area contributed by atoms with Crippen LogP contribution in [0.25, 0.3) is 11.1 Å². The molecular weight excluding hydrogens is 286 g/mol. The van der Waals surface area contributed by atoms with Crippen LogP contribution >= 0.6 is 0 Å². The molecule has 2 aromatic carbocycles. The van der Waals surface area contributed by atoms with Gasteiger partial charge in [0.05, 0.1) is 6.04 Å². The lowest BCUT2D eigenvalue weighted by Crippen LogP contribution is -2.25. The first-order valence-corrected chi connectivity index (χ1v) is 7.92. The molecule has 23 heavy (non-hydrogen) atoms. The van der Waals surface area contributed by atoms with Gasteiger partial charge in [0, 0.05) is 20.0 Å². The number of benzene rings is 2. The molecule has 1 unspecified atom stereocenters. The summed E-state index contributed by atoms with van der Waals surface area (Å²) < 4.78 is 5.65. The van der Waals surface area contributed by atoms with Crippen LogP contribution in [0.4, 0.5) is 0 Å². The van der Waals surface area contributed by atoms with E-state index in [0.29, 0.717) is 11.8 Å². The van der Waals surface area contributed by atoms with Crippen LogP contribution in [-0.4, -0.2) is 15.1 Å². The molecule has 0 amide bonds. The van der Waals surface area contributed by atoms with Crippen molar-refractivity contribution in [3.63, 3.8) is 0 Å². The number of nitrogens with zero attached hydrogens (tertiary/aromatic N) is 3. The molecule has 0 spiro atoms. The van der Waals surface area contributed by atoms with Gasteiger partial charge >= 0.3 is 0 Å². The maximum Gasteiger partial charge on any atom is 0.233 e. The predicted octanol–water partition coefficient (Wildman–Crippen LogP) is 4.12. The number of fused-ring (bicyclic) bond motifs is 3. The molecule has 0 saturated heterocycles. The molecular formula is C19H19N3O. The zero-order valence-electron chi connectivity index (χ0n) is 13.4. The normalized spacial score (nSPS) is 15.6. The quantitative estimate of drug-likeness (QED) is 0.714. The third-order valence-corrected chi connectivity index (χ3v) is 4.52. The van der Waals surface area contributed by atoms with Crippen molar-refractivity contribution in [2.45, 2.75) is 33.0 Å². The zero-order valence-corrected chi connectivity index (χ0v) is 13.4. The summed E-state index contributed by atoms with van der Waals surface area (Å²) in [5, 5.41) is 8.18. The number of rotatable bonds is 2. The summed E-state index contributed by atoms with van der Waals surface area (Å²) in [6.45, 7) is 5.70. The van der Waals surface area contributed by atoms with Crippen molar-refractivity contribution in [1.29, 1.82) is 0 Å². The van der Waals surface area contributed by atoms with Gasteiger partial charge in [-0.3, -0.25) is 4.90 Å². The third-order valence-electron chi connectivity index (χ3n) is 4.52. The van der Waals surface area contributed by atoms with E-state index in [-0.39, 0.29) is 6.04 Å². The molecule has 1 aliphatic heterocycles. The first kappa shape index (κ1) is 14.2. The maximum atomic E-state index is 5.65. The summed E-state index contributed by atoms with van der Waals surface area (Å²) in [4.78, 5) is 2.39. The summed E-state index contributed by atoms with van der Waals surface area (Å²) in [5.74, 6) is 1.29. The molecule has 0 radical (unpaired) electrons. The van der Waals surface area contributed by atoms with Crippen LogP contribution in [-0.2, 0) is 13.1 Å². The van der Waals surface area contributed by atoms with Crippen molar-refractivity contribution >= 4 is 0 Å². The van der Waals surface area contributed by atoms with Gasteiger partial charge in [-0.25, -0.2) is 0 Å². The molecule has 4 heteroatoms. The Morgan fingerprint density at radius 1 is 0.913 bits per heavy atom. The summed E-state index contributed by atoms with van der Waals surface area (Å²) in [7, 11) is 0. The van der Waals surface area contributed by atoms with Gasteiger partial charge in [-0.1, -0.05) is 48.5 Å². The lowest BCUT2D eigenvalue weighted by Gasteiger charge is -2.25. The Hall–Kier alpha value is -2.46. The van der Waals surface area contributed by atoms with Gasteiger partial charge in [0.15, 0.2) is 0 Å². The van der Waals surface area contributed by atoms with Crippen LogP contribution < -0.4 is 0 Å². The highest BCUT2D eigenvalue weighted by atomic mass is 16.4. The molecule has 0 N–H and O–H groups in total. The highest BCUT2D eigenvalue weighted by molar-refractivity contribution is 5.71. The molecule has 2 heterocycles. The Bertz CT molecular complexity index is 792. The van der Waals surface area contributed by atoms with E-state index in [1.165, 1.54) is 22.3 Å². The van der Waals surface area contributed by atoms with Crippen LogP contribution in [0.5, 0.6) is 0 Å². The molecule has 1 aromatic heterocycles. The van der Waals surface area contributed by atoms with Gasteiger partial charge < -0.3 is 4.42 Å². The molecule has 0 saturated carbocycles. The van der Waals surface area contributed by atoms with E-state index in [0.717, 1.165) is 13.1 Å². The largest absolute Gasteiger partial charge is 0.424 e. The summed E-state index contributed by atoms with van der Waals surface area (Å²) >= 11 is 0. The molecule has 0 bridgehead atoms. The smallest absolute Gasteiger partial charge is 0.233 e. The van der Waals surface area contributed by atoms with Crippen LogP contribution in [0, 0.1) is 6.92 Å². The predicted molar refractivity (Wildman–Crippen MR) is 88.6 cm³/mol. The SMILES string of the molecule is Cc1nnc(C(C)N2Cc3ccccc3-c3ccccc3C2)o1. The van der Waals surface area contributed by atoms with Crippen LogP contribution in [0.3, 0.4) is 0 Å². The van der Waals surface area contributed by atoms with Crippen LogP contribution in [0.15, 0.2) is 52.9 Å². The highest BCUT2D eigenvalue weighted by Crippen LogP contribution is 2.35. The van der Waals surface area contributed by atoms with E-state index < -0.39 is 0 Å². The van der Waals surface area contributed by atoms with Gasteiger partial charge in [0.2, 0.25) is 11.8 Å². The molecule has 3 aromatic rings. The Labute approximate surface area is 135 Å². The van der Waals surface area contributed by atoms with Crippen molar-refractivity contribution in [3.8, 4) is 11.1 Å². The van der Waals surface area contributed by atoms with Crippen molar-refractivity contribution in [2.24, 2.45) is 0 Å². The topological polar surface area (TPSA) is 42.2 Å². The average molecular weight is 305 g/mol. The second-order valence-corrected chi connectivity index (χ2v) is 6.05. The molecule has 0 aliphatic carbocycles. The molecule has 1 aliphatic rings. The highest BCUT2D eigenvalue weighted by Gasteiger charge is 2.25. The van der Waals surface area contributed by atoms with Crippen LogP contribution in [0.1, 0.15) is 35.9 Å². The van der Waals surface area contributed by atoms with Crippen LogP contribution in [0.2, 0.25) is 0 Å². The number of hydrogen-bond donors (Lipinski definition) is 0. The fourth-order valence-corrected chi connectivity index (χ4v) is 3.25. The second kappa shape index (κ2) is 5.63. The number of aryl methyl sites for hydroxylation is 1. The lowest BCUT2D eigenvalue weighted by atomic mass is 9.97. The minimum absolute atomic E-state index is 0.0791. The minimum atomic E-state index is 0.0791. The fraction of sp³-hybridized carbons (Fsp3) is 0.263. The number of hydrogen-bond acceptors (Lipinski definition) is 4. The third kappa shape index (κ3) is 2.55. The van der Waals surface area contributed by atoms with E-state index in [1.807, 2.05) is 6.92 Å². The second-order valence-electron chi connectivity index (χ2n) is 6.05. The fourth-order valence-electron chi connectivity index (χ4n) is 3.25. The minimum Gasteiger partial charge on any atom is -0.424 e. The van der Waals surface area contributed by atoms with E-state index in [9.17, 15) is 0 Å². The zero-order chi connectivity index (χ0) is 15.8. The molecule has 4 rings (SSSR count). The van der Waals surface area contributed by atoms with Gasteiger partial charge in [-0.05, 0) is 29.2 Å². The van der Waals surface area contributed by atoms with Crippen molar-refractivity contribution in [1.82, 2.24) is 15.1 Å². The standard InChI is InChI=1S/C19H19N3O/c1-13(19-21-20-14(2)23-19)22-11-15-7-3-5-9-17(15)18-10-6-4-8-16(18)12-22/h3-10,13H,11-12H2,1-2H3. The Morgan fingerprint density at radius 2 is 1.48 bits per heavy atom. The molecule has 0 fully saturated rings. The average Bonchev–Trinajstić information content (AvgIpc) is 2.93. The summed E-state index contributed by atoms with van der Waals surface area (Å²) in [5.41, 5.74) is 5.31.